The number of piperidine rings is 1. The summed E-state index contributed by atoms with van der Waals surface area (Å²) < 4.78 is 14.4. The van der Waals surface area contributed by atoms with Gasteiger partial charge in [-0.3, -0.25) is 68.7 Å². The average molecular weight is 2040 g/mol. The van der Waals surface area contributed by atoms with Gasteiger partial charge in [0, 0.05) is 156 Å². The van der Waals surface area contributed by atoms with E-state index in [1.54, 1.807) is 94.0 Å². The van der Waals surface area contributed by atoms with Crippen molar-refractivity contribution in [3.8, 4) is 56.9 Å². The van der Waals surface area contributed by atoms with Gasteiger partial charge in [-0.05, 0) is 127 Å². The van der Waals surface area contributed by atoms with Crippen LogP contribution in [-0.4, -0.2) is 154 Å². The SMILES string of the molecule is CCO.CCOC(=O)C1CCN(Cc2ccccc2)CC1=O.C[O-].Clc1nc(-c2ccccc2)nc2cnccc12.N=C(N)c1ccccc1.Nc1ccncc1.O=P(Cl)(Cl)Cl.O=c1[nH]c(-c2ccccc2)nc2c1CCN(Cc1ccccc1)C2.O=c1[nH]c(-c2ccccc2)nc2c1CCNC2.O=c1[nH]c(-c2ccccc2)nc2cnccc12.[Na+].c1ccc(-c2nc(Nc3ccncc3)c3ccncc3n2)cc1. The van der Waals surface area contributed by atoms with E-state index in [0.29, 0.717) is 77.8 Å². The number of nitrogen functional groups attached to an aromatic ring is 2. The number of esters is 1. The first-order valence-electron chi connectivity index (χ1n) is 45.1. The number of halogens is 4. The molecule has 1 fully saturated rings. The number of aromatic nitrogens is 15. The summed E-state index contributed by atoms with van der Waals surface area (Å²) in [6, 6.07) is 91.1. The summed E-state index contributed by atoms with van der Waals surface area (Å²) in [5.74, 6) is 3.08. The van der Waals surface area contributed by atoms with Crippen LogP contribution in [0, 0.1) is 11.3 Å². The summed E-state index contributed by atoms with van der Waals surface area (Å²) in [6.07, 6.45) is 18.9. The van der Waals surface area contributed by atoms with Gasteiger partial charge in [-0.1, -0.05) is 254 Å². The zero-order valence-corrected chi connectivity index (χ0v) is 85.2. The molecular formula is C107H104Cl4N22NaO9P. The summed E-state index contributed by atoms with van der Waals surface area (Å²) >= 11 is 20.0. The first-order valence-corrected chi connectivity index (χ1v) is 49.9. The molecule has 13 heterocycles. The minimum absolute atomic E-state index is 0. The number of rotatable bonds is 14. The summed E-state index contributed by atoms with van der Waals surface area (Å²) in [5.41, 5.74) is 25.6. The van der Waals surface area contributed by atoms with Gasteiger partial charge >= 0.3 is 40.7 Å². The Balaban J connectivity index is 0.000000169. The molecular weight excluding hydrogens is 1930 g/mol. The molecule has 37 heteroatoms. The van der Waals surface area contributed by atoms with E-state index in [4.69, 9.17) is 53.4 Å². The number of ketones is 1. The predicted molar refractivity (Wildman–Crippen MR) is 565 cm³/mol. The number of carbonyl (C=O) groups is 2. The minimum Gasteiger partial charge on any atom is -0.857 e. The van der Waals surface area contributed by atoms with Crippen LogP contribution in [0.3, 0.4) is 0 Å². The number of aliphatic hydroxyl groups excluding tert-OH is 1. The van der Waals surface area contributed by atoms with E-state index >= 15 is 0 Å². The van der Waals surface area contributed by atoms with Crippen molar-refractivity contribution in [3.63, 3.8) is 0 Å². The van der Waals surface area contributed by atoms with Crippen LogP contribution in [0.2, 0.25) is 5.15 Å². The number of nitrogens with two attached hydrogens (primary N) is 2. The fourth-order valence-electron chi connectivity index (χ4n) is 14.4. The molecule has 3 aliphatic heterocycles. The van der Waals surface area contributed by atoms with Crippen LogP contribution in [0.25, 0.3) is 89.6 Å². The van der Waals surface area contributed by atoms with Gasteiger partial charge in [-0.25, -0.2) is 34.9 Å². The molecule has 11 N–H and O–H groups in total. The second-order valence-corrected chi connectivity index (χ2v) is 38.1. The molecule has 8 aromatic carbocycles. The fourth-order valence-corrected chi connectivity index (χ4v) is 14.6. The molecule has 31 nitrogen and oxygen atoms in total. The maximum Gasteiger partial charge on any atom is 1.00 e. The van der Waals surface area contributed by atoms with Crippen LogP contribution in [-0.2, 0) is 57.9 Å². The van der Waals surface area contributed by atoms with Crippen molar-refractivity contribution < 1.29 is 58.7 Å². The smallest absolute Gasteiger partial charge is 0.857 e. The van der Waals surface area contributed by atoms with Crippen LogP contribution in [0.4, 0.5) is 17.2 Å². The maximum atomic E-state index is 12.4. The number of aliphatic hydroxyl groups is 1. The Hall–Kier alpha value is -14.5. The number of amidine groups is 1. The van der Waals surface area contributed by atoms with Crippen molar-refractivity contribution in [2.24, 2.45) is 11.7 Å². The van der Waals surface area contributed by atoms with Crippen molar-refractivity contribution in [2.45, 2.75) is 59.3 Å². The van der Waals surface area contributed by atoms with Gasteiger partial charge in [0.05, 0.1) is 65.1 Å². The van der Waals surface area contributed by atoms with Crippen LogP contribution >= 0.6 is 50.5 Å². The van der Waals surface area contributed by atoms with Crippen molar-refractivity contribution in [2.75, 3.05) is 57.6 Å². The molecule has 1 atom stereocenters. The van der Waals surface area contributed by atoms with Gasteiger partial charge in [0.15, 0.2) is 17.4 Å². The van der Waals surface area contributed by atoms with Gasteiger partial charge < -0.3 is 52.0 Å². The topological polar surface area (TPSA) is 463 Å². The Morgan fingerprint density at radius 3 is 1.33 bits per heavy atom. The molecule has 10 aromatic heterocycles. The molecule has 18 aromatic rings. The first-order chi connectivity index (χ1) is 69.5. The Bertz CT molecular complexity index is 7270. The fraction of sp³-hybridized carbons (Fsp3) is 0.159. The summed E-state index contributed by atoms with van der Waals surface area (Å²) in [5, 5.41) is 28.9. The van der Waals surface area contributed by atoms with Crippen molar-refractivity contribution in [3.05, 3.63) is 423 Å². The zero-order chi connectivity index (χ0) is 102. The monoisotopic (exact) mass is 2030 g/mol. The average Bonchev–Trinajstić information content (AvgIpc) is 0.911. The molecule has 0 radical (unpaired) electrons. The number of carbonyl (C=O) groups excluding carboxylic acids is 2. The molecule has 0 aliphatic carbocycles. The number of hydrogen-bond donors (Lipinski definition) is 9. The van der Waals surface area contributed by atoms with Crippen LogP contribution < -0.4 is 73.4 Å². The largest absolute Gasteiger partial charge is 1.00 e. The van der Waals surface area contributed by atoms with Crippen LogP contribution in [0.15, 0.2) is 361 Å². The third-order valence-corrected chi connectivity index (χ3v) is 21.4. The predicted octanol–water partition coefficient (Wildman–Crippen LogP) is 15.3. The molecule has 730 valence electrons. The number of pyridine rings is 5. The van der Waals surface area contributed by atoms with Crippen molar-refractivity contribution in [1.82, 2.24) is 89.9 Å². The molecule has 3 aliphatic rings. The van der Waals surface area contributed by atoms with E-state index in [-0.39, 0.29) is 70.4 Å². The molecule has 1 unspecified atom stereocenters. The number of nitrogens with one attached hydrogen (secondary N) is 6. The van der Waals surface area contributed by atoms with Gasteiger partial charge in [-0.2, -0.15) is 7.11 Å². The number of nitrogens with zero attached hydrogens (tertiary/aromatic N) is 14. The number of benzene rings is 8. The summed E-state index contributed by atoms with van der Waals surface area (Å²) in [6.45, 7) is 9.87. The number of hydrogen-bond acceptors (Lipinski definition) is 27. The molecule has 144 heavy (non-hydrogen) atoms. The molecule has 21 rings (SSSR count). The van der Waals surface area contributed by atoms with E-state index in [0.717, 1.165) is 148 Å². The van der Waals surface area contributed by atoms with Crippen LogP contribution in [0.1, 0.15) is 59.5 Å². The van der Waals surface area contributed by atoms with Crippen LogP contribution in [0.5, 0.6) is 0 Å². The molecule has 0 saturated carbocycles. The number of ether oxygens (including phenoxy) is 1. The minimum atomic E-state index is -3.22. The van der Waals surface area contributed by atoms with Crippen molar-refractivity contribution in [1.29, 1.82) is 5.41 Å². The number of fused-ring (bicyclic) bond motifs is 5. The number of aromatic amines is 3. The Labute approximate surface area is 873 Å². The quantitative estimate of drug-likeness (QED) is 0.00928. The summed E-state index contributed by atoms with van der Waals surface area (Å²) in [7, 11) is 0.750. The van der Waals surface area contributed by atoms with Gasteiger partial charge in [-0.15, -0.1) is 0 Å². The molecule has 0 spiro atoms. The second kappa shape index (κ2) is 59.4. The standard InChI is InChI=1S/C20H19N3O.C18H13N5.C15H19NO3.C13H8ClN3.C13H13N3O.C13H9N3O.C7H8N2.C5H6N2.C2H6O.CH3O.Cl3OP.Na/c24-20-17-11-12-23(13-15-7-3-1-4-8-15)14-18(17)21-19(22-20)16-9-5-2-6-10-16;1-2-4-13(5-3-1)17-22-16-12-20-11-8-15(16)18(23-17)21-14-6-9-19-10-7-14;1-2-19-15(18)13-8-9-16(11-14(13)17)10-12-6-4-3-5-7-12;14-12-10-6-7-15-8-11(10)16-13(17-12)9-4-2-1-3-5-9;2*17-13-10-6-7-14-8-11(10)15-12(16-13)9-4-2-1-3-5-9;8-7(9)6-4-2-1-3-5-6;6-5-1-3-7-4-2-5;1-2-3;1-2;1-5(2,3)4;/h1-10H,11-14H2,(H,21,22,24);1-12H,(H,19,21,22,23);3-7,13H,2,8-11H2,1H3;1-8H;1-5,14H,6-8H2,(H,15,16,17);1-8H,(H,15,16,17);1-5H,(H3,8,9);1-4H,(H2,6,7);3H,2H2,1H3;1H3;;/q;;;;;;;;;-1;;+1. The maximum absolute atomic E-state index is 12.4. The molecule has 0 amide bonds. The Kier molecular flexibility index (Phi) is 46.0. The molecule has 1 saturated heterocycles. The third-order valence-electron chi connectivity index (χ3n) is 21.1. The zero-order valence-electron chi connectivity index (χ0n) is 79.3. The van der Waals surface area contributed by atoms with E-state index in [1.165, 1.54) is 11.1 Å². The van der Waals surface area contributed by atoms with Gasteiger partial charge in [0.2, 0.25) is 0 Å². The van der Waals surface area contributed by atoms with E-state index in [9.17, 15) is 28.5 Å². The van der Waals surface area contributed by atoms with Crippen molar-refractivity contribution >= 4 is 118 Å². The first kappa shape index (κ1) is 111. The second-order valence-electron chi connectivity index (χ2n) is 31.1. The number of Topliss-reactive ketones (excluding diaryl/α,β-unsaturated/α-hetero) is 1. The van der Waals surface area contributed by atoms with Gasteiger partial charge in [0.25, 0.3) is 16.7 Å². The number of likely N-dealkylation sites (tertiary alicyclic amines) is 1. The Morgan fingerprint density at radius 2 is 0.875 bits per heavy atom. The summed E-state index contributed by atoms with van der Waals surface area (Å²) in [4.78, 5) is 124. The molecule has 0 bridgehead atoms. The number of anilines is 3. The Morgan fingerprint density at radius 1 is 0.486 bits per heavy atom. The van der Waals surface area contributed by atoms with E-state index in [1.807, 2.05) is 243 Å². The van der Waals surface area contributed by atoms with E-state index in [2.05, 4.69) is 143 Å². The van der Waals surface area contributed by atoms with Gasteiger partial charge in [0.1, 0.15) is 40.2 Å². The van der Waals surface area contributed by atoms with E-state index < -0.39 is 11.1 Å². The number of H-pyrrole nitrogens is 3. The third kappa shape index (κ3) is 35.9. The normalized spacial score (nSPS) is 12.5.